The van der Waals surface area contributed by atoms with Crippen molar-refractivity contribution in [2.45, 2.75) is 0 Å². The van der Waals surface area contributed by atoms with Crippen molar-refractivity contribution in [2.24, 2.45) is 0 Å². The molecule has 0 saturated heterocycles. The molecule has 0 radical (unpaired) electrons. The van der Waals surface area contributed by atoms with E-state index in [9.17, 15) is 0 Å². The van der Waals surface area contributed by atoms with Crippen LogP contribution in [0, 0.1) is 0 Å². The second-order valence-electron chi connectivity index (χ2n) is 1.34. The van der Waals surface area contributed by atoms with Crippen LogP contribution in [0.3, 0.4) is 0 Å². The van der Waals surface area contributed by atoms with Crippen LogP contribution < -0.4 is 22.5 Å². The predicted molar refractivity (Wildman–Crippen MR) is 34.3 cm³/mol. The van der Waals surface area contributed by atoms with Crippen LogP contribution in [-0.4, -0.2) is 22.3 Å². The molecule has 0 aliphatic heterocycles. The van der Waals surface area contributed by atoms with E-state index < -0.39 is 0 Å². The molecule has 1 aromatic rings. The normalized spacial score (nSPS) is 7.62. The number of rotatable bonds is 0. The third-order valence-electron chi connectivity index (χ3n) is 0.756. The average Bonchev–Trinajstić information content (AvgIpc) is 1.69. The molecule has 8 heavy (non-hydrogen) atoms. The van der Waals surface area contributed by atoms with E-state index in [-0.39, 0.29) is 20.3 Å². The molecule has 0 unspecified atom stereocenters. The maximum absolute atomic E-state index is 2.11. The Kier molecular flexibility index (Phi) is 4.82. The van der Waals surface area contributed by atoms with Gasteiger partial charge in [-0.3, -0.25) is 0 Å². The summed E-state index contributed by atoms with van der Waals surface area (Å²) in [6.07, 6.45) is 0. The summed E-state index contributed by atoms with van der Waals surface area (Å²) in [5.74, 6) is 0. The molecule has 0 N–H and O–H groups in total. The SMILES string of the molecule is [H-].[Li+].[TeH]c1ccccc1. The first-order valence-electron chi connectivity index (χ1n) is 2.13. The summed E-state index contributed by atoms with van der Waals surface area (Å²) in [5, 5.41) is 0. The quantitative estimate of drug-likeness (QED) is 0.413. The Hall–Kier alpha value is 0.607. The third kappa shape index (κ3) is 2.80. The van der Waals surface area contributed by atoms with E-state index >= 15 is 0 Å². The van der Waals surface area contributed by atoms with Crippen LogP contribution in [0.25, 0.3) is 0 Å². The Morgan fingerprint density at radius 1 is 1.12 bits per heavy atom. The zero-order valence-corrected chi connectivity index (χ0v) is 7.39. The van der Waals surface area contributed by atoms with E-state index in [0.29, 0.717) is 0 Å². The van der Waals surface area contributed by atoms with Gasteiger partial charge in [-0.05, 0) is 0 Å². The molecule has 1 aromatic carbocycles. The van der Waals surface area contributed by atoms with Crippen LogP contribution in [0.5, 0.6) is 0 Å². The summed E-state index contributed by atoms with van der Waals surface area (Å²) >= 11 is 1.76. The maximum atomic E-state index is 2.11. The minimum atomic E-state index is 0. The fourth-order valence-electron chi connectivity index (χ4n) is 0.428. The molecule has 0 amide bonds. The Balaban J connectivity index is 0. The van der Waals surface area contributed by atoms with E-state index in [1.807, 2.05) is 18.2 Å². The molecule has 0 nitrogen and oxygen atoms in total. The molecule has 0 aliphatic carbocycles. The van der Waals surface area contributed by atoms with E-state index in [4.69, 9.17) is 0 Å². The van der Waals surface area contributed by atoms with Gasteiger partial charge < -0.3 is 1.43 Å². The molecule has 0 aromatic heterocycles. The Labute approximate surface area is 76.2 Å². The first kappa shape index (κ1) is 8.61. The van der Waals surface area contributed by atoms with E-state index in [1.54, 1.807) is 22.3 Å². The summed E-state index contributed by atoms with van der Waals surface area (Å²) in [6.45, 7) is 0. The van der Waals surface area contributed by atoms with Crippen LogP contribution >= 0.6 is 0 Å². The van der Waals surface area contributed by atoms with Crippen molar-refractivity contribution < 1.29 is 20.3 Å². The minimum absolute atomic E-state index is 0. The standard InChI is InChI=1S/C6H6Te.Li.H/c7-6-4-2-1-3-5-6;;/h1-5,7H;;/q;+1;-1. The van der Waals surface area contributed by atoms with E-state index in [2.05, 4.69) is 12.1 Å². The molecule has 38 valence electrons. The molecular weight excluding hydrogens is 207 g/mol. The Morgan fingerprint density at radius 3 is 1.88 bits per heavy atom. The molecule has 0 aliphatic rings. The number of benzene rings is 1. The van der Waals surface area contributed by atoms with Crippen molar-refractivity contribution in [3.05, 3.63) is 30.3 Å². The molecule has 1 rings (SSSR count). The van der Waals surface area contributed by atoms with Crippen molar-refractivity contribution in [3.63, 3.8) is 0 Å². The van der Waals surface area contributed by atoms with Gasteiger partial charge in [0.2, 0.25) is 0 Å². The molecule has 0 spiro atoms. The van der Waals surface area contributed by atoms with Crippen molar-refractivity contribution in [2.75, 3.05) is 0 Å². The van der Waals surface area contributed by atoms with Gasteiger partial charge in [-0.1, -0.05) is 0 Å². The van der Waals surface area contributed by atoms with Gasteiger partial charge in [-0.2, -0.15) is 0 Å². The van der Waals surface area contributed by atoms with Crippen molar-refractivity contribution in [3.8, 4) is 0 Å². The average molecular weight is 214 g/mol. The Bertz CT molecular complexity index is 143. The van der Waals surface area contributed by atoms with Crippen LogP contribution in [-0.2, 0) is 0 Å². The second-order valence-corrected chi connectivity index (χ2v) is 2.81. The van der Waals surface area contributed by atoms with Crippen LogP contribution in [0.2, 0.25) is 0 Å². The zero-order valence-electron chi connectivity index (χ0n) is 5.83. The van der Waals surface area contributed by atoms with Crippen molar-refractivity contribution in [1.29, 1.82) is 0 Å². The van der Waals surface area contributed by atoms with Gasteiger partial charge in [-0.25, -0.2) is 0 Å². The topological polar surface area (TPSA) is 0 Å². The molecule has 0 fully saturated rings. The van der Waals surface area contributed by atoms with Gasteiger partial charge in [0.25, 0.3) is 0 Å². The fraction of sp³-hybridized carbons (Fsp3) is 0. The van der Waals surface area contributed by atoms with Crippen molar-refractivity contribution in [1.82, 2.24) is 0 Å². The first-order valence-corrected chi connectivity index (χ1v) is 3.41. The molecule has 0 saturated carbocycles. The summed E-state index contributed by atoms with van der Waals surface area (Å²) < 4.78 is 1.37. The summed E-state index contributed by atoms with van der Waals surface area (Å²) in [5.41, 5.74) is 0. The third-order valence-corrected chi connectivity index (χ3v) is 1.61. The zero-order chi connectivity index (χ0) is 5.11. The first-order chi connectivity index (χ1) is 3.39. The van der Waals surface area contributed by atoms with Crippen LogP contribution in [0.15, 0.2) is 30.3 Å². The fourth-order valence-corrected chi connectivity index (χ4v) is 0.919. The molecule has 0 atom stereocenters. The van der Waals surface area contributed by atoms with Gasteiger partial charge in [0.15, 0.2) is 0 Å². The Morgan fingerprint density at radius 2 is 1.62 bits per heavy atom. The summed E-state index contributed by atoms with van der Waals surface area (Å²) in [6, 6.07) is 10.3. The summed E-state index contributed by atoms with van der Waals surface area (Å²) in [4.78, 5) is 0. The predicted octanol–water partition coefficient (Wildman–Crippen LogP) is -2.67. The van der Waals surface area contributed by atoms with E-state index in [1.165, 1.54) is 3.61 Å². The molecular formula is C6H7LiTe. The van der Waals surface area contributed by atoms with Gasteiger partial charge in [0, 0.05) is 0 Å². The molecule has 0 heterocycles. The molecule has 2 heteroatoms. The number of hydrogen-bond donors (Lipinski definition) is 0. The van der Waals surface area contributed by atoms with Gasteiger partial charge >= 0.3 is 75.1 Å². The summed E-state index contributed by atoms with van der Waals surface area (Å²) in [7, 11) is 0. The van der Waals surface area contributed by atoms with Gasteiger partial charge in [0.05, 0.1) is 0 Å². The van der Waals surface area contributed by atoms with Gasteiger partial charge in [0.1, 0.15) is 0 Å². The monoisotopic (exact) mass is 216 g/mol. The van der Waals surface area contributed by atoms with Crippen LogP contribution in [0.4, 0.5) is 0 Å². The second kappa shape index (κ2) is 4.48. The van der Waals surface area contributed by atoms with Crippen LogP contribution in [0.1, 0.15) is 1.43 Å². The molecule has 0 bridgehead atoms. The number of hydrogen-bond acceptors (Lipinski definition) is 0. The van der Waals surface area contributed by atoms with E-state index in [0.717, 1.165) is 0 Å². The van der Waals surface area contributed by atoms with Crippen molar-refractivity contribution >= 4 is 25.9 Å². The van der Waals surface area contributed by atoms with Gasteiger partial charge in [-0.15, -0.1) is 0 Å².